The highest BCUT2D eigenvalue weighted by atomic mass is 79.9. The average molecular weight is 504 g/mol. The van der Waals surface area contributed by atoms with E-state index in [-0.39, 0.29) is 11.3 Å². The van der Waals surface area contributed by atoms with E-state index in [9.17, 15) is 14.9 Å². The minimum atomic E-state index is -0.521. The third-order valence-electron chi connectivity index (χ3n) is 4.94. The Morgan fingerprint density at radius 3 is 2.55 bits per heavy atom. The van der Waals surface area contributed by atoms with Gasteiger partial charge in [0.15, 0.2) is 0 Å². The van der Waals surface area contributed by atoms with Crippen LogP contribution in [0.1, 0.15) is 21.5 Å². The number of halogens is 1. The number of rotatable bonds is 7. The van der Waals surface area contributed by atoms with Crippen LogP contribution in [0, 0.1) is 10.1 Å². The Labute approximate surface area is 198 Å². The van der Waals surface area contributed by atoms with E-state index in [1.165, 1.54) is 35.9 Å². The van der Waals surface area contributed by atoms with Crippen LogP contribution in [0.2, 0.25) is 0 Å². The fraction of sp³-hybridized carbons (Fsp3) is 0.0400. The smallest absolute Gasteiger partial charge is 0.271 e. The molecule has 8 heteroatoms. The standard InChI is InChI=1S/C25H18BrN3O4/c26-23-14-17(15-27-28-25(30)19-9-11-21(12-10-19)29(31)32)8-13-24(23)33-16-20-6-3-5-18-4-1-2-7-22(18)20/h1-15H,16H2,(H,28,30)/b27-15-. The van der Waals surface area contributed by atoms with Gasteiger partial charge in [-0.2, -0.15) is 5.10 Å². The van der Waals surface area contributed by atoms with Crippen molar-refractivity contribution in [3.8, 4) is 5.75 Å². The normalized spacial score (nSPS) is 10.9. The molecule has 4 aromatic carbocycles. The lowest BCUT2D eigenvalue weighted by Gasteiger charge is -2.11. The Kier molecular flexibility index (Phi) is 6.75. The topological polar surface area (TPSA) is 93.8 Å². The van der Waals surface area contributed by atoms with E-state index in [4.69, 9.17) is 4.74 Å². The molecule has 4 rings (SSSR count). The predicted molar refractivity (Wildman–Crippen MR) is 131 cm³/mol. The third-order valence-corrected chi connectivity index (χ3v) is 5.56. The largest absolute Gasteiger partial charge is 0.488 e. The lowest BCUT2D eigenvalue weighted by Crippen LogP contribution is -2.17. The van der Waals surface area contributed by atoms with Gasteiger partial charge in [-0.15, -0.1) is 0 Å². The van der Waals surface area contributed by atoms with Crippen molar-refractivity contribution in [1.29, 1.82) is 0 Å². The van der Waals surface area contributed by atoms with Crippen LogP contribution < -0.4 is 10.2 Å². The first-order valence-electron chi connectivity index (χ1n) is 9.98. The summed E-state index contributed by atoms with van der Waals surface area (Å²) in [5.74, 6) is 0.227. The number of amides is 1. The summed E-state index contributed by atoms with van der Waals surface area (Å²) in [5.41, 5.74) is 4.45. The van der Waals surface area contributed by atoms with Gasteiger partial charge >= 0.3 is 0 Å². The van der Waals surface area contributed by atoms with Gasteiger partial charge in [-0.05, 0) is 68.2 Å². The zero-order chi connectivity index (χ0) is 23.2. The number of fused-ring (bicyclic) bond motifs is 1. The molecule has 1 N–H and O–H groups in total. The van der Waals surface area contributed by atoms with E-state index >= 15 is 0 Å². The van der Waals surface area contributed by atoms with E-state index < -0.39 is 10.8 Å². The molecule has 1 amide bonds. The van der Waals surface area contributed by atoms with Gasteiger partial charge in [0, 0.05) is 17.7 Å². The molecule has 0 aromatic heterocycles. The molecule has 0 atom stereocenters. The number of hydrogen-bond acceptors (Lipinski definition) is 5. The van der Waals surface area contributed by atoms with Crippen LogP contribution in [0.15, 0.2) is 94.5 Å². The molecule has 164 valence electrons. The van der Waals surface area contributed by atoms with Crippen molar-refractivity contribution in [1.82, 2.24) is 5.43 Å². The lowest BCUT2D eigenvalue weighted by molar-refractivity contribution is -0.384. The van der Waals surface area contributed by atoms with Gasteiger partial charge in [-0.25, -0.2) is 5.43 Å². The predicted octanol–water partition coefficient (Wildman–Crippen LogP) is 5.85. The Morgan fingerprint density at radius 2 is 1.79 bits per heavy atom. The van der Waals surface area contributed by atoms with Crippen LogP contribution >= 0.6 is 15.9 Å². The number of nitro groups is 1. The molecule has 0 saturated carbocycles. The van der Waals surface area contributed by atoms with Gasteiger partial charge in [0.2, 0.25) is 0 Å². The van der Waals surface area contributed by atoms with E-state index in [0.717, 1.165) is 21.0 Å². The van der Waals surface area contributed by atoms with Gasteiger partial charge in [0.05, 0.1) is 15.6 Å². The molecular formula is C25H18BrN3O4. The number of nitro benzene ring substituents is 1. The molecule has 0 unspecified atom stereocenters. The molecule has 0 fully saturated rings. The number of benzene rings is 4. The number of carbonyl (C=O) groups is 1. The van der Waals surface area contributed by atoms with Gasteiger partial charge in [0.1, 0.15) is 12.4 Å². The molecule has 0 aliphatic heterocycles. The maximum atomic E-state index is 12.1. The maximum Gasteiger partial charge on any atom is 0.271 e. The van der Waals surface area contributed by atoms with Crippen LogP contribution in [-0.2, 0) is 6.61 Å². The van der Waals surface area contributed by atoms with Crippen LogP contribution in [0.3, 0.4) is 0 Å². The minimum absolute atomic E-state index is 0.0809. The number of ether oxygens (including phenoxy) is 1. The number of nitrogens with one attached hydrogen (secondary N) is 1. The molecule has 33 heavy (non-hydrogen) atoms. The Morgan fingerprint density at radius 1 is 1.03 bits per heavy atom. The van der Waals surface area contributed by atoms with E-state index in [2.05, 4.69) is 44.7 Å². The molecule has 0 saturated heterocycles. The molecular weight excluding hydrogens is 486 g/mol. The van der Waals surface area contributed by atoms with Crippen LogP contribution in [0.25, 0.3) is 10.8 Å². The van der Waals surface area contributed by atoms with Gasteiger partial charge in [-0.1, -0.05) is 42.5 Å². The summed E-state index contributed by atoms with van der Waals surface area (Å²) in [4.78, 5) is 22.3. The summed E-state index contributed by atoms with van der Waals surface area (Å²) < 4.78 is 6.76. The monoisotopic (exact) mass is 503 g/mol. The van der Waals surface area contributed by atoms with Crippen molar-refractivity contribution in [2.24, 2.45) is 5.10 Å². The summed E-state index contributed by atoms with van der Waals surface area (Å²) in [5, 5.41) is 17.0. The molecule has 0 radical (unpaired) electrons. The van der Waals surface area contributed by atoms with Gasteiger partial charge in [-0.3, -0.25) is 14.9 Å². The first-order chi connectivity index (χ1) is 16.0. The second-order valence-corrected chi connectivity index (χ2v) is 7.97. The van der Waals surface area contributed by atoms with Crippen LogP contribution in [0.4, 0.5) is 5.69 Å². The van der Waals surface area contributed by atoms with Crippen molar-refractivity contribution < 1.29 is 14.5 Å². The average Bonchev–Trinajstić information content (AvgIpc) is 2.83. The third kappa shape index (κ3) is 5.42. The summed E-state index contributed by atoms with van der Waals surface area (Å²) >= 11 is 3.52. The van der Waals surface area contributed by atoms with Crippen molar-refractivity contribution in [3.05, 3.63) is 116 Å². The van der Waals surface area contributed by atoms with E-state index in [1.54, 1.807) is 0 Å². The fourth-order valence-electron chi connectivity index (χ4n) is 3.25. The van der Waals surface area contributed by atoms with Crippen LogP contribution in [-0.4, -0.2) is 17.0 Å². The van der Waals surface area contributed by atoms with Crippen molar-refractivity contribution in [3.63, 3.8) is 0 Å². The number of hydrogen-bond donors (Lipinski definition) is 1. The minimum Gasteiger partial charge on any atom is -0.488 e. The maximum absolute atomic E-state index is 12.1. The SMILES string of the molecule is O=C(N/N=C\c1ccc(OCc2cccc3ccccc23)c(Br)c1)c1ccc([N+](=O)[O-])cc1. The summed E-state index contributed by atoms with van der Waals surface area (Å²) in [7, 11) is 0. The lowest BCUT2D eigenvalue weighted by atomic mass is 10.1. The first-order valence-corrected chi connectivity index (χ1v) is 10.8. The summed E-state index contributed by atoms with van der Waals surface area (Å²) in [6.07, 6.45) is 1.50. The summed E-state index contributed by atoms with van der Waals surface area (Å²) in [6.45, 7) is 0.429. The second-order valence-electron chi connectivity index (χ2n) is 7.12. The molecule has 0 bridgehead atoms. The highest BCUT2D eigenvalue weighted by molar-refractivity contribution is 9.10. The zero-order valence-corrected chi connectivity index (χ0v) is 18.9. The highest BCUT2D eigenvalue weighted by Crippen LogP contribution is 2.27. The Bertz CT molecular complexity index is 1350. The number of non-ortho nitro benzene ring substituents is 1. The molecule has 7 nitrogen and oxygen atoms in total. The highest BCUT2D eigenvalue weighted by Gasteiger charge is 2.09. The molecule has 0 aliphatic carbocycles. The van der Waals surface area contributed by atoms with Gasteiger partial charge in [0.25, 0.3) is 11.6 Å². The van der Waals surface area contributed by atoms with Crippen molar-refractivity contribution in [2.45, 2.75) is 6.61 Å². The number of nitrogens with zero attached hydrogens (tertiary/aromatic N) is 2. The quantitative estimate of drug-likeness (QED) is 0.194. The fourth-order valence-corrected chi connectivity index (χ4v) is 3.76. The second kappa shape index (κ2) is 10.1. The summed E-state index contributed by atoms with van der Waals surface area (Å²) in [6, 6.07) is 25.1. The number of carbonyl (C=O) groups excluding carboxylic acids is 1. The van der Waals surface area contributed by atoms with Gasteiger partial charge < -0.3 is 4.74 Å². The Balaban J connectivity index is 1.37. The Hall–Kier alpha value is -4.04. The van der Waals surface area contributed by atoms with E-state index in [0.29, 0.717) is 12.4 Å². The van der Waals surface area contributed by atoms with E-state index in [1.807, 2.05) is 42.5 Å². The van der Waals surface area contributed by atoms with Crippen LogP contribution in [0.5, 0.6) is 5.75 Å². The molecule has 0 aliphatic rings. The number of hydrazone groups is 1. The van der Waals surface area contributed by atoms with Crippen molar-refractivity contribution in [2.75, 3.05) is 0 Å². The molecule has 0 heterocycles. The zero-order valence-electron chi connectivity index (χ0n) is 17.3. The van der Waals surface area contributed by atoms with Crippen molar-refractivity contribution >= 4 is 44.5 Å². The molecule has 0 spiro atoms. The first kappa shape index (κ1) is 22.2. The molecule has 4 aromatic rings.